The van der Waals surface area contributed by atoms with Crippen molar-refractivity contribution in [1.82, 2.24) is 15.3 Å². The van der Waals surface area contributed by atoms with E-state index < -0.39 is 0 Å². The van der Waals surface area contributed by atoms with Crippen LogP contribution in [0.3, 0.4) is 0 Å². The number of hydrogen-bond donors (Lipinski definition) is 3. The molecular formula is C14H14ClN3O2. The van der Waals surface area contributed by atoms with E-state index in [1.54, 1.807) is 18.3 Å². The molecule has 3 rings (SSSR count). The zero-order valence-electron chi connectivity index (χ0n) is 10.7. The number of aryl methyl sites for hydroxylation is 1. The van der Waals surface area contributed by atoms with Crippen LogP contribution >= 0.6 is 11.6 Å². The largest absolute Gasteiger partial charge is 0.356 e. The maximum absolute atomic E-state index is 12.1. The van der Waals surface area contributed by atoms with Crippen molar-refractivity contribution in [2.24, 2.45) is 0 Å². The van der Waals surface area contributed by atoms with Crippen LogP contribution < -0.4 is 10.9 Å². The lowest BCUT2D eigenvalue weighted by Gasteiger charge is -2.25. The summed E-state index contributed by atoms with van der Waals surface area (Å²) >= 11 is 5.79. The van der Waals surface area contributed by atoms with Gasteiger partial charge in [-0.2, -0.15) is 0 Å². The van der Waals surface area contributed by atoms with E-state index in [-0.39, 0.29) is 17.5 Å². The van der Waals surface area contributed by atoms with Gasteiger partial charge in [-0.1, -0.05) is 11.6 Å². The van der Waals surface area contributed by atoms with Crippen LogP contribution in [0.25, 0.3) is 0 Å². The first-order valence-electron chi connectivity index (χ1n) is 6.50. The van der Waals surface area contributed by atoms with Gasteiger partial charge in [0.25, 0.3) is 5.91 Å². The van der Waals surface area contributed by atoms with Gasteiger partial charge in [-0.15, -0.1) is 0 Å². The van der Waals surface area contributed by atoms with Gasteiger partial charge in [0.15, 0.2) is 0 Å². The normalized spacial score (nSPS) is 17.6. The van der Waals surface area contributed by atoms with Crippen molar-refractivity contribution < 1.29 is 4.79 Å². The van der Waals surface area contributed by atoms with E-state index in [4.69, 9.17) is 11.6 Å². The molecule has 1 aliphatic rings. The summed E-state index contributed by atoms with van der Waals surface area (Å²) in [6.45, 7) is 0. The van der Waals surface area contributed by atoms with Crippen LogP contribution in [-0.4, -0.2) is 15.9 Å². The molecule has 104 valence electrons. The minimum atomic E-state index is -0.194. The number of fused-ring (bicyclic) bond motifs is 1. The van der Waals surface area contributed by atoms with E-state index >= 15 is 0 Å². The highest BCUT2D eigenvalue weighted by molar-refractivity contribution is 6.30. The third kappa shape index (κ3) is 2.49. The highest BCUT2D eigenvalue weighted by Crippen LogP contribution is 2.27. The molecule has 0 bridgehead atoms. The van der Waals surface area contributed by atoms with Gasteiger partial charge in [-0.3, -0.25) is 9.59 Å². The van der Waals surface area contributed by atoms with E-state index in [2.05, 4.69) is 15.3 Å². The summed E-state index contributed by atoms with van der Waals surface area (Å²) in [5.74, 6) is -0.194. The summed E-state index contributed by atoms with van der Waals surface area (Å²) in [4.78, 5) is 29.1. The molecule has 1 atom stereocenters. The van der Waals surface area contributed by atoms with Crippen molar-refractivity contribution in [2.75, 3.05) is 0 Å². The summed E-state index contributed by atoms with van der Waals surface area (Å²) in [5.41, 5.74) is 2.24. The van der Waals surface area contributed by atoms with Crippen molar-refractivity contribution in [3.8, 4) is 0 Å². The Morgan fingerprint density at radius 1 is 1.40 bits per heavy atom. The summed E-state index contributed by atoms with van der Waals surface area (Å²) in [7, 11) is 0. The van der Waals surface area contributed by atoms with Crippen LogP contribution in [0.1, 0.15) is 40.6 Å². The number of carbonyl (C=O) groups is 1. The van der Waals surface area contributed by atoms with Crippen LogP contribution in [0, 0.1) is 0 Å². The molecule has 0 radical (unpaired) electrons. The molecule has 0 saturated heterocycles. The molecule has 2 aromatic rings. The fourth-order valence-electron chi connectivity index (χ4n) is 2.59. The second-order valence-electron chi connectivity index (χ2n) is 4.91. The molecule has 0 unspecified atom stereocenters. The average molecular weight is 292 g/mol. The molecule has 2 aromatic heterocycles. The number of pyridine rings is 1. The van der Waals surface area contributed by atoms with E-state index in [0.29, 0.717) is 10.7 Å². The summed E-state index contributed by atoms with van der Waals surface area (Å²) < 4.78 is 0. The van der Waals surface area contributed by atoms with Crippen molar-refractivity contribution in [3.63, 3.8) is 0 Å². The lowest BCUT2D eigenvalue weighted by Crippen LogP contribution is -2.32. The van der Waals surface area contributed by atoms with E-state index in [9.17, 15) is 9.59 Å². The van der Waals surface area contributed by atoms with E-state index in [0.717, 1.165) is 30.5 Å². The van der Waals surface area contributed by atoms with Gasteiger partial charge in [0.2, 0.25) is 5.56 Å². The van der Waals surface area contributed by atoms with Gasteiger partial charge < -0.3 is 15.3 Å². The Labute approximate surface area is 120 Å². The molecule has 0 fully saturated rings. The summed E-state index contributed by atoms with van der Waals surface area (Å²) in [5, 5.41) is 3.48. The molecule has 0 aliphatic heterocycles. The summed E-state index contributed by atoms with van der Waals surface area (Å²) in [6, 6.07) is 4.80. The number of carbonyl (C=O) groups excluding carboxylic acids is 1. The number of hydrogen-bond acceptors (Lipinski definition) is 2. The highest BCUT2D eigenvalue weighted by atomic mass is 35.5. The lowest BCUT2D eigenvalue weighted by atomic mass is 9.91. The molecule has 0 spiro atoms. The number of halogens is 1. The van der Waals surface area contributed by atoms with Gasteiger partial charge >= 0.3 is 0 Å². The monoisotopic (exact) mass is 291 g/mol. The first kappa shape index (κ1) is 13.0. The van der Waals surface area contributed by atoms with Crippen molar-refractivity contribution >= 4 is 17.5 Å². The molecule has 1 amide bonds. The maximum Gasteiger partial charge on any atom is 0.268 e. The number of nitrogens with one attached hydrogen (secondary N) is 3. The second-order valence-corrected chi connectivity index (χ2v) is 5.34. The third-order valence-electron chi connectivity index (χ3n) is 3.53. The van der Waals surface area contributed by atoms with Gasteiger partial charge in [-0.25, -0.2) is 0 Å². The van der Waals surface area contributed by atoms with Crippen molar-refractivity contribution in [3.05, 3.63) is 56.7 Å². The Morgan fingerprint density at radius 2 is 2.25 bits per heavy atom. The first-order chi connectivity index (χ1) is 9.63. The Bertz CT molecular complexity index is 704. The fraction of sp³-hybridized carbons (Fsp3) is 0.286. The van der Waals surface area contributed by atoms with Crippen molar-refractivity contribution in [2.45, 2.75) is 25.3 Å². The Kier molecular flexibility index (Phi) is 3.36. The quantitative estimate of drug-likeness (QED) is 0.793. The molecule has 0 saturated carbocycles. The van der Waals surface area contributed by atoms with Gasteiger partial charge in [-0.05, 0) is 37.0 Å². The van der Waals surface area contributed by atoms with Crippen LogP contribution in [0.5, 0.6) is 0 Å². The average Bonchev–Trinajstić information content (AvgIpc) is 2.85. The Balaban J connectivity index is 1.83. The van der Waals surface area contributed by atoms with Crippen LogP contribution in [0.4, 0.5) is 0 Å². The van der Waals surface area contributed by atoms with E-state index in [1.807, 2.05) is 0 Å². The SMILES string of the molecule is O=C(N[C@@H]1CCCc2[nH]c(=O)ccc21)c1cc(Cl)c[nH]1. The smallest absolute Gasteiger partial charge is 0.268 e. The van der Waals surface area contributed by atoms with Crippen LogP contribution in [0.2, 0.25) is 5.02 Å². The highest BCUT2D eigenvalue weighted by Gasteiger charge is 2.23. The number of rotatable bonds is 2. The molecule has 6 heteroatoms. The van der Waals surface area contributed by atoms with Gasteiger partial charge in [0, 0.05) is 18.0 Å². The number of aromatic nitrogens is 2. The predicted molar refractivity (Wildman–Crippen MR) is 76.0 cm³/mol. The number of amides is 1. The second kappa shape index (κ2) is 5.17. The Hall–Kier alpha value is -2.01. The summed E-state index contributed by atoms with van der Waals surface area (Å²) in [6.07, 6.45) is 4.21. The topological polar surface area (TPSA) is 77.8 Å². The third-order valence-corrected chi connectivity index (χ3v) is 3.75. The molecule has 20 heavy (non-hydrogen) atoms. The zero-order chi connectivity index (χ0) is 14.1. The van der Waals surface area contributed by atoms with Crippen LogP contribution in [-0.2, 0) is 6.42 Å². The minimum Gasteiger partial charge on any atom is -0.356 e. The molecule has 0 aromatic carbocycles. The number of aromatic amines is 2. The standard InChI is InChI=1S/C14H14ClN3O2/c15-8-6-12(16-7-8)14(20)18-11-3-1-2-10-9(11)4-5-13(19)17-10/h4-7,11,16H,1-3H2,(H,17,19)(H,18,20)/t11-/m1/s1. The first-order valence-corrected chi connectivity index (χ1v) is 6.88. The zero-order valence-corrected chi connectivity index (χ0v) is 11.5. The van der Waals surface area contributed by atoms with Gasteiger partial charge in [0.1, 0.15) is 5.69 Å². The molecule has 3 N–H and O–H groups in total. The van der Waals surface area contributed by atoms with Gasteiger partial charge in [0.05, 0.1) is 11.1 Å². The van der Waals surface area contributed by atoms with E-state index in [1.165, 1.54) is 6.07 Å². The predicted octanol–water partition coefficient (Wildman–Crippen LogP) is 2.16. The maximum atomic E-state index is 12.1. The minimum absolute atomic E-state index is 0.0785. The fourth-order valence-corrected chi connectivity index (χ4v) is 2.75. The molecule has 2 heterocycles. The van der Waals surface area contributed by atoms with Crippen LogP contribution in [0.15, 0.2) is 29.2 Å². The molecular weight excluding hydrogens is 278 g/mol. The lowest BCUT2D eigenvalue weighted by molar-refractivity contribution is 0.0928. The van der Waals surface area contributed by atoms with Crippen molar-refractivity contribution in [1.29, 1.82) is 0 Å². The Morgan fingerprint density at radius 3 is 3.00 bits per heavy atom. The number of H-pyrrole nitrogens is 2. The molecule has 5 nitrogen and oxygen atoms in total. The molecule has 1 aliphatic carbocycles.